The maximum Gasteiger partial charge on any atom is 0.472 e. The van der Waals surface area contributed by atoms with Gasteiger partial charge in [0, 0.05) is 30.7 Å². The standard InChI is InChI=1S/C17H35N2O7PS/c1-7-28-11-10-18-13(20)8-9-19-15(22)14(21)17(5,6)12-25-27(23,24)26-16(2,3)4/h14,21H,7-12H2,1-6H3,(H,18,20)(H,19,22)(H,23,24). The van der Waals surface area contributed by atoms with Crippen LogP contribution < -0.4 is 10.6 Å². The van der Waals surface area contributed by atoms with Crippen molar-refractivity contribution in [3.63, 3.8) is 0 Å². The molecule has 0 aromatic heterocycles. The zero-order valence-corrected chi connectivity index (χ0v) is 19.3. The van der Waals surface area contributed by atoms with Crippen LogP contribution in [-0.4, -0.2) is 64.7 Å². The summed E-state index contributed by atoms with van der Waals surface area (Å²) in [6.07, 6.45) is -1.40. The number of phosphoric acid groups is 1. The van der Waals surface area contributed by atoms with Crippen molar-refractivity contribution in [1.82, 2.24) is 10.6 Å². The molecule has 9 nitrogen and oxygen atoms in total. The van der Waals surface area contributed by atoms with Crippen LogP contribution in [0.5, 0.6) is 0 Å². The number of thioether (sulfide) groups is 1. The lowest BCUT2D eigenvalue weighted by atomic mass is 9.87. The number of carbonyl (C=O) groups is 2. The largest absolute Gasteiger partial charge is 0.472 e. The van der Waals surface area contributed by atoms with Crippen molar-refractivity contribution >= 4 is 31.4 Å². The molecule has 28 heavy (non-hydrogen) atoms. The van der Waals surface area contributed by atoms with E-state index in [1.165, 1.54) is 13.8 Å². The van der Waals surface area contributed by atoms with Crippen molar-refractivity contribution in [2.75, 3.05) is 31.2 Å². The van der Waals surface area contributed by atoms with Crippen molar-refractivity contribution < 1.29 is 33.2 Å². The molecular weight excluding hydrogens is 407 g/mol. The van der Waals surface area contributed by atoms with Crippen LogP contribution in [-0.2, 0) is 23.2 Å². The number of nitrogens with one attached hydrogen (secondary N) is 2. The predicted octanol–water partition coefficient (Wildman–Crippen LogP) is 1.68. The van der Waals surface area contributed by atoms with Crippen LogP contribution in [0.1, 0.15) is 48.0 Å². The number of aliphatic hydroxyl groups excluding tert-OH is 1. The second-order valence-electron chi connectivity index (χ2n) is 7.92. The minimum atomic E-state index is -4.33. The van der Waals surface area contributed by atoms with E-state index in [0.29, 0.717) is 6.54 Å². The molecule has 2 unspecified atom stereocenters. The molecule has 11 heteroatoms. The highest BCUT2D eigenvalue weighted by Crippen LogP contribution is 2.48. The molecule has 4 N–H and O–H groups in total. The van der Waals surface area contributed by atoms with Gasteiger partial charge in [0.2, 0.25) is 11.8 Å². The maximum absolute atomic E-state index is 12.1. The van der Waals surface area contributed by atoms with Crippen LogP contribution in [0.25, 0.3) is 0 Å². The highest BCUT2D eigenvalue weighted by molar-refractivity contribution is 7.99. The minimum absolute atomic E-state index is 0.0746. The number of phosphoric ester groups is 1. The summed E-state index contributed by atoms with van der Waals surface area (Å²) in [7, 11) is -4.33. The van der Waals surface area contributed by atoms with Gasteiger partial charge in [-0.1, -0.05) is 20.8 Å². The zero-order chi connectivity index (χ0) is 22.0. The summed E-state index contributed by atoms with van der Waals surface area (Å²) in [5.41, 5.74) is -2.04. The fourth-order valence-electron chi connectivity index (χ4n) is 1.95. The van der Waals surface area contributed by atoms with Gasteiger partial charge < -0.3 is 20.6 Å². The summed E-state index contributed by atoms with van der Waals surface area (Å²) in [5.74, 6) is 0.939. The van der Waals surface area contributed by atoms with Gasteiger partial charge in [-0.2, -0.15) is 11.8 Å². The van der Waals surface area contributed by atoms with Crippen molar-refractivity contribution in [3.05, 3.63) is 0 Å². The number of aliphatic hydroxyl groups is 1. The first-order valence-corrected chi connectivity index (χ1v) is 11.8. The Labute approximate surface area is 171 Å². The Morgan fingerprint density at radius 3 is 2.29 bits per heavy atom. The van der Waals surface area contributed by atoms with Crippen molar-refractivity contribution in [3.8, 4) is 0 Å². The highest BCUT2D eigenvalue weighted by Gasteiger charge is 2.38. The fraction of sp³-hybridized carbons (Fsp3) is 0.882. The normalized spacial score (nSPS) is 15.6. The molecule has 0 saturated carbocycles. The topological polar surface area (TPSA) is 134 Å². The van der Waals surface area contributed by atoms with E-state index in [9.17, 15) is 24.2 Å². The van der Waals surface area contributed by atoms with E-state index >= 15 is 0 Å². The van der Waals surface area contributed by atoms with Crippen LogP contribution in [0, 0.1) is 5.41 Å². The van der Waals surface area contributed by atoms with E-state index in [-0.39, 0.29) is 25.5 Å². The zero-order valence-electron chi connectivity index (χ0n) is 17.6. The summed E-state index contributed by atoms with van der Waals surface area (Å²) in [6.45, 7) is 10.2. The molecule has 0 aromatic carbocycles. The van der Waals surface area contributed by atoms with Crippen LogP contribution in [0.3, 0.4) is 0 Å². The Morgan fingerprint density at radius 1 is 1.14 bits per heavy atom. The Hall–Kier alpha value is -0.640. The lowest BCUT2D eigenvalue weighted by Crippen LogP contribution is -2.46. The number of rotatable bonds is 13. The average Bonchev–Trinajstić information content (AvgIpc) is 2.54. The quantitative estimate of drug-likeness (QED) is 0.250. The van der Waals surface area contributed by atoms with E-state index < -0.39 is 30.8 Å². The average molecular weight is 443 g/mol. The maximum atomic E-state index is 12.1. The van der Waals surface area contributed by atoms with Crippen LogP contribution in [0.15, 0.2) is 0 Å². The third-order valence-electron chi connectivity index (χ3n) is 3.40. The monoisotopic (exact) mass is 442 g/mol. The van der Waals surface area contributed by atoms with Crippen molar-refractivity contribution in [1.29, 1.82) is 0 Å². The van der Waals surface area contributed by atoms with Gasteiger partial charge in [0.1, 0.15) is 6.10 Å². The van der Waals surface area contributed by atoms with Gasteiger partial charge >= 0.3 is 7.82 Å². The molecule has 0 aliphatic heterocycles. The molecule has 0 radical (unpaired) electrons. The van der Waals surface area contributed by atoms with Gasteiger partial charge in [-0.3, -0.25) is 18.6 Å². The molecule has 0 heterocycles. The fourth-order valence-corrected chi connectivity index (χ4v) is 3.72. The second-order valence-corrected chi connectivity index (χ2v) is 10.7. The minimum Gasteiger partial charge on any atom is -0.383 e. The van der Waals surface area contributed by atoms with Gasteiger partial charge in [0.05, 0.1) is 12.2 Å². The smallest absolute Gasteiger partial charge is 0.383 e. The first-order valence-electron chi connectivity index (χ1n) is 9.18. The number of carbonyl (C=O) groups excluding carboxylic acids is 2. The Kier molecular flexibility index (Phi) is 11.9. The third kappa shape index (κ3) is 12.7. The number of hydrogen-bond acceptors (Lipinski definition) is 7. The molecule has 0 aromatic rings. The van der Waals surface area contributed by atoms with Crippen LogP contribution in [0.4, 0.5) is 0 Å². The highest BCUT2D eigenvalue weighted by atomic mass is 32.2. The van der Waals surface area contributed by atoms with E-state index in [1.54, 1.807) is 32.5 Å². The van der Waals surface area contributed by atoms with Gasteiger partial charge in [0.15, 0.2) is 0 Å². The van der Waals surface area contributed by atoms with E-state index in [0.717, 1.165) is 11.5 Å². The van der Waals surface area contributed by atoms with Gasteiger partial charge in [-0.25, -0.2) is 4.57 Å². The first-order chi connectivity index (χ1) is 12.7. The lowest BCUT2D eigenvalue weighted by molar-refractivity contribution is -0.137. The summed E-state index contributed by atoms with van der Waals surface area (Å²) in [5, 5.41) is 15.5. The van der Waals surface area contributed by atoms with E-state index in [4.69, 9.17) is 9.05 Å². The SMILES string of the molecule is CCSCCNC(=O)CCNC(=O)C(O)C(C)(C)COP(=O)(O)OC(C)(C)C. The molecule has 166 valence electrons. The molecule has 2 atom stereocenters. The molecular formula is C17H35N2O7PS. The predicted molar refractivity (Wildman–Crippen MR) is 110 cm³/mol. The molecule has 0 bridgehead atoms. The summed E-state index contributed by atoms with van der Waals surface area (Å²) < 4.78 is 21.8. The first kappa shape index (κ1) is 27.4. The molecule has 0 spiro atoms. The third-order valence-corrected chi connectivity index (χ3v) is 5.54. The molecule has 0 saturated heterocycles. The summed E-state index contributed by atoms with van der Waals surface area (Å²) in [4.78, 5) is 33.5. The summed E-state index contributed by atoms with van der Waals surface area (Å²) in [6, 6.07) is 0. The summed E-state index contributed by atoms with van der Waals surface area (Å²) >= 11 is 1.72. The Balaban J connectivity index is 4.37. The van der Waals surface area contributed by atoms with Crippen LogP contribution in [0.2, 0.25) is 0 Å². The molecule has 2 amide bonds. The van der Waals surface area contributed by atoms with Gasteiger partial charge in [-0.15, -0.1) is 0 Å². The number of hydrogen-bond donors (Lipinski definition) is 4. The lowest BCUT2D eigenvalue weighted by Gasteiger charge is -2.31. The number of amides is 2. The molecule has 0 rings (SSSR count). The Morgan fingerprint density at radius 2 is 1.75 bits per heavy atom. The molecule has 0 aliphatic carbocycles. The van der Waals surface area contributed by atoms with E-state index in [1.807, 2.05) is 6.92 Å². The van der Waals surface area contributed by atoms with Gasteiger partial charge in [-0.05, 0) is 26.5 Å². The van der Waals surface area contributed by atoms with Gasteiger partial charge in [0.25, 0.3) is 0 Å². The second kappa shape index (κ2) is 12.1. The van der Waals surface area contributed by atoms with E-state index in [2.05, 4.69) is 10.6 Å². The van der Waals surface area contributed by atoms with Crippen LogP contribution >= 0.6 is 19.6 Å². The van der Waals surface area contributed by atoms with Crippen molar-refractivity contribution in [2.45, 2.75) is 59.7 Å². The molecule has 0 aliphatic rings. The Bertz CT molecular complexity index is 552. The molecule has 0 fully saturated rings. The van der Waals surface area contributed by atoms with Crippen molar-refractivity contribution in [2.24, 2.45) is 5.41 Å².